The zero-order chi connectivity index (χ0) is 33.4. The molecule has 7 heteroatoms. The number of ether oxygens (including phenoxy) is 1. The van der Waals surface area contributed by atoms with E-state index in [9.17, 15) is 14.4 Å². The van der Waals surface area contributed by atoms with Gasteiger partial charge in [0.1, 0.15) is 5.60 Å². The summed E-state index contributed by atoms with van der Waals surface area (Å²) in [5.41, 5.74) is 3.55. The molecule has 0 aliphatic rings. The molecule has 2 N–H and O–H groups in total. The summed E-state index contributed by atoms with van der Waals surface area (Å²) in [6.07, 6.45) is 4.30. The highest BCUT2D eigenvalue weighted by Gasteiger charge is 2.32. The number of benzene rings is 4. The first-order chi connectivity index (χ1) is 22.6. The highest BCUT2D eigenvalue weighted by atomic mass is 16.6. The lowest BCUT2D eigenvalue weighted by Gasteiger charge is -2.28. The van der Waals surface area contributed by atoms with Crippen molar-refractivity contribution >= 4 is 39.6 Å². The van der Waals surface area contributed by atoms with Gasteiger partial charge in [0, 0.05) is 29.6 Å². The van der Waals surface area contributed by atoms with E-state index in [1.165, 1.54) is 21.2 Å². The molecule has 47 heavy (non-hydrogen) atoms. The number of imide groups is 1. The van der Waals surface area contributed by atoms with Crippen LogP contribution in [0.5, 0.6) is 0 Å². The molecule has 2 unspecified atom stereocenters. The van der Waals surface area contributed by atoms with Crippen LogP contribution in [0.4, 0.5) is 4.79 Å². The topological polar surface area (TPSA) is 91.5 Å². The molecule has 7 nitrogen and oxygen atoms in total. The van der Waals surface area contributed by atoms with Crippen molar-refractivity contribution in [3.05, 3.63) is 120 Å². The number of nitrogens with one attached hydrogen (secondary N) is 2. The second kappa shape index (κ2) is 15.1. The third-order valence-electron chi connectivity index (χ3n) is 8.49. The number of aryl methyl sites for hydroxylation is 1. The average Bonchev–Trinajstić information content (AvgIpc) is 3.46. The fraction of sp³-hybridized carbons (Fsp3) is 0.325. The molecule has 5 rings (SSSR count). The van der Waals surface area contributed by atoms with E-state index in [1.54, 1.807) is 6.92 Å². The van der Waals surface area contributed by atoms with Gasteiger partial charge in [0.05, 0.1) is 12.5 Å². The van der Waals surface area contributed by atoms with Gasteiger partial charge < -0.3 is 15.0 Å². The molecule has 3 amide bonds. The Morgan fingerprint density at radius 1 is 0.830 bits per heavy atom. The number of H-pyrrole nitrogens is 1. The Labute approximate surface area is 277 Å². The number of carbonyl (C=O) groups is 3. The lowest BCUT2D eigenvalue weighted by Crippen LogP contribution is -2.48. The van der Waals surface area contributed by atoms with E-state index in [4.69, 9.17) is 4.74 Å². The van der Waals surface area contributed by atoms with E-state index in [-0.39, 0.29) is 24.9 Å². The van der Waals surface area contributed by atoms with E-state index in [0.717, 1.165) is 28.5 Å². The maximum atomic E-state index is 14.1. The minimum Gasteiger partial charge on any atom is -0.460 e. The van der Waals surface area contributed by atoms with Crippen LogP contribution >= 0.6 is 0 Å². The van der Waals surface area contributed by atoms with E-state index in [0.29, 0.717) is 19.3 Å². The van der Waals surface area contributed by atoms with Crippen molar-refractivity contribution in [2.75, 3.05) is 6.54 Å². The van der Waals surface area contributed by atoms with Crippen LogP contribution in [-0.4, -0.2) is 39.9 Å². The normalized spacial score (nSPS) is 12.9. The number of para-hydroxylation sites is 1. The van der Waals surface area contributed by atoms with Crippen LogP contribution in [0.2, 0.25) is 0 Å². The van der Waals surface area contributed by atoms with Gasteiger partial charge in [0.15, 0.2) is 0 Å². The van der Waals surface area contributed by atoms with E-state index >= 15 is 0 Å². The Morgan fingerprint density at radius 2 is 1.51 bits per heavy atom. The van der Waals surface area contributed by atoms with Gasteiger partial charge in [0.2, 0.25) is 5.91 Å². The first-order valence-electron chi connectivity index (χ1n) is 16.5. The first kappa shape index (κ1) is 33.5. The number of rotatable bonds is 12. The van der Waals surface area contributed by atoms with Crippen LogP contribution in [0.1, 0.15) is 69.7 Å². The number of aromatic amines is 1. The van der Waals surface area contributed by atoms with Crippen molar-refractivity contribution in [3.8, 4) is 0 Å². The summed E-state index contributed by atoms with van der Waals surface area (Å²) in [5.74, 6) is -1.51. The summed E-state index contributed by atoms with van der Waals surface area (Å²) in [7, 11) is 0. The summed E-state index contributed by atoms with van der Waals surface area (Å²) >= 11 is 0. The lowest BCUT2D eigenvalue weighted by molar-refractivity contribution is -0.158. The molecule has 2 atom stereocenters. The predicted molar refractivity (Wildman–Crippen MR) is 188 cm³/mol. The Morgan fingerprint density at radius 3 is 2.26 bits per heavy atom. The minimum atomic E-state index is -0.700. The Kier molecular flexibility index (Phi) is 10.8. The van der Waals surface area contributed by atoms with Gasteiger partial charge in [-0.3, -0.25) is 14.5 Å². The van der Waals surface area contributed by atoms with E-state index in [2.05, 4.69) is 40.6 Å². The SMILES string of the molecule is CCN(C(=O)NC(Cc1c[nH]c2ccccc12)c1ccccc1)C(=O)C(CCCc1cccc2ccccc12)CC(=O)OC(C)(C)C. The van der Waals surface area contributed by atoms with Crippen molar-refractivity contribution in [3.63, 3.8) is 0 Å². The minimum absolute atomic E-state index is 0.0904. The molecule has 0 fully saturated rings. The monoisotopic (exact) mass is 631 g/mol. The first-order valence-corrected chi connectivity index (χ1v) is 16.5. The highest BCUT2D eigenvalue weighted by Crippen LogP contribution is 2.27. The Balaban J connectivity index is 1.34. The number of hydrogen-bond acceptors (Lipinski definition) is 4. The molecule has 0 aliphatic heterocycles. The number of nitrogens with zero attached hydrogens (tertiary/aromatic N) is 1. The fourth-order valence-electron chi connectivity index (χ4n) is 6.25. The summed E-state index contributed by atoms with van der Waals surface area (Å²) in [4.78, 5) is 45.6. The molecular weight excluding hydrogens is 586 g/mol. The van der Waals surface area contributed by atoms with E-state index < -0.39 is 23.5 Å². The zero-order valence-corrected chi connectivity index (χ0v) is 27.8. The van der Waals surface area contributed by atoms with Gasteiger partial charge in [0.25, 0.3) is 0 Å². The molecule has 0 spiro atoms. The average molecular weight is 632 g/mol. The van der Waals surface area contributed by atoms with Gasteiger partial charge in [-0.15, -0.1) is 0 Å². The van der Waals surface area contributed by atoms with Gasteiger partial charge >= 0.3 is 12.0 Å². The van der Waals surface area contributed by atoms with Crippen LogP contribution in [0.3, 0.4) is 0 Å². The molecule has 244 valence electrons. The molecule has 0 aliphatic carbocycles. The maximum Gasteiger partial charge on any atom is 0.324 e. The van der Waals surface area contributed by atoms with Gasteiger partial charge in [-0.25, -0.2) is 4.79 Å². The smallest absolute Gasteiger partial charge is 0.324 e. The number of carbonyl (C=O) groups excluding carboxylic acids is 3. The maximum absolute atomic E-state index is 14.1. The number of urea groups is 1. The molecule has 0 bridgehead atoms. The van der Waals surface area contributed by atoms with Crippen LogP contribution in [0.25, 0.3) is 21.7 Å². The van der Waals surface area contributed by atoms with Crippen molar-refractivity contribution in [1.82, 2.24) is 15.2 Å². The number of fused-ring (bicyclic) bond motifs is 2. The molecule has 4 aromatic carbocycles. The Hall–Kier alpha value is -4.91. The third-order valence-corrected chi connectivity index (χ3v) is 8.49. The van der Waals surface area contributed by atoms with Crippen molar-refractivity contribution in [2.24, 2.45) is 5.92 Å². The van der Waals surface area contributed by atoms with Crippen molar-refractivity contribution in [1.29, 1.82) is 0 Å². The largest absolute Gasteiger partial charge is 0.460 e. The van der Waals surface area contributed by atoms with Crippen molar-refractivity contribution < 1.29 is 19.1 Å². The van der Waals surface area contributed by atoms with Gasteiger partial charge in [-0.05, 0) is 86.9 Å². The van der Waals surface area contributed by atoms with Crippen LogP contribution < -0.4 is 5.32 Å². The number of esters is 1. The van der Waals surface area contributed by atoms with Crippen LogP contribution in [-0.2, 0) is 27.2 Å². The quantitative estimate of drug-likeness (QED) is 0.135. The number of amides is 3. The molecule has 0 saturated heterocycles. The lowest BCUT2D eigenvalue weighted by atomic mass is 9.93. The molecule has 1 heterocycles. The molecule has 5 aromatic rings. The number of aromatic nitrogens is 1. The summed E-state index contributed by atoms with van der Waals surface area (Å²) in [6, 6.07) is 31.5. The molecular formula is C40H45N3O4. The van der Waals surface area contributed by atoms with E-state index in [1.807, 2.05) is 93.7 Å². The second-order valence-electron chi connectivity index (χ2n) is 13.1. The Bertz CT molecular complexity index is 1820. The third kappa shape index (κ3) is 8.67. The molecule has 0 radical (unpaired) electrons. The van der Waals surface area contributed by atoms with Crippen LogP contribution in [0, 0.1) is 5.92 Å². The standard InChI is InChI=1S/C40H45N3O4/c1-5-43(39(46)42-36(30-16-7-6-8-17-30)25-32-27-41-35-24-12-11-23-34(32)35)38(45)31(26-37(44)47-40(2,3)4)21-14-20-29-19-13-18-28-15-9-10-22-33(28)29/h6-13,15-19,22-24,27,31,36,41H,5,14,20-21,25-26H2,1-4H3,(H,42,46). The fourth-order valence-corrected chi connectivity index (χ4v) is 6.25. The molecule has 0 saturated carbocycles. The van der Waals surface area contributed by atoms with Crippen LogP contribution in [0.15, 0.2) is 103 Å². The summed E-state index contributed by atoms with van der Waals surface area (Å²) in [5, 5.41) is 6.59. The predicted octanol–water partition coefficient (Wildman–Crippen LogP) is 8.53. The summed E-state index contributed by atoms with van der Waals surface area (Å²) in [6.45, 7) is 7.39. The zero-order valence-electron chi connectivity index (χ0n) is 27.8. The molecule has 1 aromatic heterocycles. The van der Waals surface area contributed by atoms with Gasteiger partial charge in [-0.2, -0.15) is 0 Å². The summed E-state index contributed by atoms with van der Waals surface area (Å²) < 4.78 is 5.62. The van der Waals surface area contributed by atoms with Crippen molar-refractivity contribution in [2.45, 2.75) is 71.4 Å². The number of hydrogen-bond donors (Lipinski definition) is 2. The highest BCUT2D eigenvalue weighted by molar-refractivity contribution is 5.97. The second-order valence-corrected chi connectivity index (χ2v) is 13.1. The van der Waals surface area contributed by atoms with Gasteiger partial charge in [-0.1, -0.05) is 91.0 Å².